The summed E-state index contributed by atoms with van der Waals surface area (Å²) in [5.41, 5.74) is 1.15. The molecule has 19 heavy (non-hydrogen) atoms. The summed E-state index contributed by atoms with van der Waals surface area (Å²) in [5, 5.41) is 0. The van der Waals surface area contributed by atoms with Crippen molar-refractivity contribution >= 4 is 5.78 Å². The molecule has 0 spiro atoms. The smallest absolute Gasteiger partial charge is 0.187 e. The van der Waals surface area contributed by atoms with Crippen molar-refractivity contribution in [2.75, 3.05) is 13.2 Å². The summed E-state index contributed by atoms with van der Waals surface area (Å²) >= 11 is 0. The van der Waals surface area contributed by atoms with Crippen LogP contribution in [0, 0.1) is 16.7 Å². The predicted molar refractivity (Wildman–Crippen MR) is 72.6 cm³/mol. The van der Waals surface area contributed by atoms with Crippen LogP contribution in [0.3, 0.4) is 0 Å². The van der Waals surface area contributed by atoms with Crippen molar-refractivity contribution in [1.29, 1.82) is 0 Å². The molecule has 1 heterocycles. The number of fused-ring (bicyclic) bond motifs is 1. The molecule has 0 aromatic heterocycles. The van der Waals surface area contributed by atoms with Crippen molar-refractivity contribution < 1.29 is 14.3 Å². The first kappa shape index (κ1) is 13.3. The van der Waals surface area contributed by atoms with Gasteiger partial charge in [-0.05, 0) is 29.6 Å². The average molecular weight is 264 g/mol. The minimum absolute atomic E-state index is 0.125. The van der Waals surface area contributed by atoms with Gasteiger partial charge in [0.25, 0.3) is 0 Å². The third-order valence-corrected chi connectivity index (χ3v) is 5.35. The van der Waals surface area contributed by atoms with Gasteiger partial charge in [-0.2, -0.15) is 0 Å². The normalized spacial score (nSPS) is 39.0. The van der Waals surface area contributed by atoms with Crippen molar-refractivity contribution in [2.45, 2.75) is 52.7 Å². The highest BCUT2D eigenvalue weighted by Crippen LogP contribution is 2.56. The summed E-state index contributed by atoms with van der Waals surface area (Å²) in [6, 6.07) is 0. The highest BCUT2D eigenvalue weighted by molar-refractivity contribution is 5.97. The van der Waals surface area contributed by atoms with Crippen molar-refractivity contribution in [1.82, 2.24) is 0 Å². The Hall–Kier alpha value is -0.670. The van der Waals surface area contributed by atoms with E-state index in [2.05, 4.69) is 26.8 Å². The van der Waals surface area contributed by atoms with E-state index in [0.717, 1.165) is 5.57 Å². The van der Waals surface area contributed by atoms with E-state index in [9.17, 15) is 4.79 Å². The molecule has 0 N–H and O–H groups in total. The Balaban J connectivity index is 1.95. The molecule has 3 aliphatic rings. The first-order chi connectivity index (χ1) is 8.92. The van der Waals surface area contributed by atoms with Crippen LogP contribution in [0.5, 0.6) is 0 Å². The van der Waals surface area contributed by atoms with Gasteiger partial charge in [-0.25, -0.2) is 0 Å². The van der Waals surface area contributed by atoms with Crippen molar-refractivity contribution in [3.05, 3.63) is 11.6 Å². The van der Waals surface area contributed by atoms with Crippen LogP contribution in [-0.4, -0.2) is 25.3 Å². The lowest BCUT2D eigenvalue weighted by atomic mass is 9.53. The molecule has 1 saturated carbocycles. The van der Waals surface area contributed by atoms with E-state index in [-0.39, 0.29) is 16.6 Å². The van der Waals surface area contributed by atoms with Gasteiger partial charge >= 0.3 is 0 Å². The van der Waals surface area contributed by atoms with Gasteiger partial charge in [-0.1, -0.05) is 33.3 Å². The van der Waals surface area contributed by atoms with Crippen LogP contribution in [-0.2, 0) is 14.3 Å². The van der Waals surface area contributed by atoms with Crippen LogP contribution in [0.2, 0.25) is 0 Å². The second-order valence-electron chi connectivity index (χ2n) is 7.20. The molecule has 2 atom stereocenters. The van der Waals surface area contributed by atoms with E-state index in [1.54, 1.807) is 0 Å². The van der Waals surface area contributed by atoms with E-state index >= 15 is 0 Å². The Bertz CT molecular complexity index is 418. The maximum Gasteiger partial charge on any atom is 0.187 e. The lowest BCUT2D eigenvalue weighted by Gasteiger charge is -2.52. The molecule has 2 fully saturated rings. The van der Waals surface area contributed by atoms with Crippen LogP contribution in [0.25, 0.3) is 0 Å². The Labute approximate surface area is 115 Å². The van der Waals surface area contributed by atoms with Crippen LogP contribution in [0.4, 0.5) is 0 Å². The zero-order chi connectivity index (χ0) is 13.7. The summed E-state index contributed by atoms with van der Waals surface area (Å²) in [6.07, 6.45) is 6.06. The standard InChI is InChI=1S/C16H24O3/c1-15(2)5-4-6-16(3)10-11(12(17)9-13(15)16)14-18-7-8-19-14/h10,13-14H,4-9H2,1-3H3/t13-,16-/m0/s1. The second-order valence-corrected chi connectivity index (χ2v) is 7.20. The molecule has 106 valence electrons. The minimum Gasteiger partial charge on any atom is -0.346 e. The fourth-order valence-electron chi connectivity index (χ4n) is 4.32. The van der Waals surface area contributed by atoms with E-state index < -0.39 is 6.29 Å². The number of carbonyl (C=O) groups is 1. The van der Waals surface area contributed by atoms with Gasteiger partial charge in [0.2, 0.25) is 0 Å². The number of hydrogen-bond acceptors (Lipinski definition) is 3. The SMILES string of the molecule is CC1(C)CCC[C@@]2(C)C=C(C3OCCO3)C(=O)C[C@@H]12. The largest absolute Gasteiger partial charge is 0.346 e. The number of ether oxygens (including phenoxy) is 2. The molecule has 2 aliphatic carbocycles. The Morgan fingerprint density at radius 1 is 1.16 bits per heavy atom. The van der Waals surface area contributed by atoms with Crippen LogP contribution < -0.4 is 0 Å². The fourth-order valence-corrected chi connectivity index (χ4v) is 4.32. The topological polar surface area (TPSA) is 35.5 Å². The maximum absolute atomic E-state index is 12.4. The van der Waals surface area contributed by atoms with Crippen LogP contribution >= 0.6 is 0 Å². The molecule has 3 rings (SSSR count). The molecule has 1 saturated heterocycles. The van der Waals surface area contributed by atoms with Crippen molar-refractivity contribution in [3.63, 3.8) is 0 Å². The van der Waals surface area contributed by atoms with Gasteiger partial charge < -0.3 is 9.47 Å². The quantitative estimate of drug-likeness (QED) is 0.730. The van der Waals surface area contributed by atoms with Crippen LogP contribution in [0.1, 0.15) is 46.5 Å². The van der Waals surface area contributed by atoms with E-state index in [4.69, 9.17) is 9.47 Å². The molecule has 0 aromatic carbocycles. The third kappa shape index (κ3) is 2.17. The number of rotatable bonds is 1. The fraction of sp³-hybridized carbons (Fsp3) is 0.812. The average Bonchev–Trinajstić information content (AvgIpc) is 2.84. The minimum atomic E-state index is -0.407. The molecule has 3 heteroatoms. The Morgan fingerprint density at radius 3 is 2.53 bits per heavy atom. The number of carbonyl (C=O) groups excluding carboxylic acids is 1. The van der Waals surface area contributed by atoms with Gasteiger partial charge in [-0.15, -0.1) is 0 Å². The number of allylic oxidation sites excluding steroid dienone is 1. The van der Waals surface area contributed by atoms with Crippen molar-refractivity contribution in [3.8, 4) is 0 Å². The molecule has 0 unspecified atom stereocenters. The summed E-state index contributed by atoms with van der Waals surface area (Å²) in [5.74, 6) is 0.677. The summed E-state index contributed by atoms with van der Waals surface area (Å²) < 4.78 is 11.1. The van der Waals surface area contributed by atoms with Gasteiger partial charge in [-0.3, -0.25) is 4.79 Å². The summed E-state index contributed by atoms with van der Waals surface area (Å²) in [7, 11) is 0. The first-order valence-corrected chi connectivity index (χ1v) is 7.42. The number of hydrogen-bond donors (Lipinski definition) is 0. The van der Waals surface area contributed by atoms with Crippen LogP contribution in [0.15, 0.2) is 11.6 Å². The lowest BCUT2D eigenvalue weighted by Crippen LogP contribution is -2.46. The van der Waals surface area contributed by atoms with Gasteiger partial charge in [0.1, 0.15) is 0 Å². The first-order valence-electron chi connectivity index (χ1n) is 7.42. The molecular weight excluding hydrogens is 240 g/mol. The van der Waals surface area contributed by atoms with E-state index in [1.807, 2.05) is 0 Å². The number of ketones is 1. The van der Waals surface area contributed by atoms with Gasteiger partial charge in [0, 0.05) is 12.0 Å². The molecule has 0 bridgehead atoms. The summed E-state index contributed by atoms with van der Waals surface area (Å²) in [6.45, 7) is 8.12. The van der Waals surface area contributed by atoms with E-state index in [1.165, 1.54) is 19.3 Å². The third-order valence-electron chi connectivity index (χ3n) is 5.35. The van der Waals surface area contributed by atoms with Crippen molar-refractivity contribution in [2.24, 2.45) is 16.7 Å². The highest BCUT2D eigenvalue weighted by atomic mass is 16.7. The highest BCUT2D eigenvalue weighted by Gasteiger charge is 2.50. The second kappa shape index (κ2) is 4.42. The molecule has 0 radical (unpaired) electrons. The molecule has 0 amide bonds. The monoisotopic (exact) mass is 264 g/mol. The Morgan fingerprint density at radius 2 is 1.84 bits per heavy atom. The lowest BCUT2D eigenvalue weighted by molar-refractivity contribution is -0.125. The van der Waals surface area contributed by atoms with Gasteiger partial charge in [0.05, 0.1) is 13.2 Å². The Kier molecular flexibility index (Phi) is 3.10. The van der Waals surface area contributed by atoms with Gasteiger partial charge in [0.15, 0.2) is 12.1 Å². The molecule has 0 aromatic rings. The maximum atomic E-state index is 12.4. The molecular formula is C16H24O3. The summed E-state index contributed by atoms with van der Waals surface area (Å²) in [4.78, 5) is 12.4. The van der Waals surface area contributed by atoms with E-state index in [0.29, 0.717) is 25.6 Å². The molecule has 1 aliphatic heterocycles. The predicted octanol–water partition coefficient (Wildman–Crippen LogP) is 3.09. The zero-order valence-corrected chi connectivity index (χ0v) is 12.2. The number of Topliss-reactive ketones (excluding diaryl/α,β-unsaturated/α-hetero) is 1. The zero-order valence-electron chi connectivity index (χ0n) is 12.2. The molecule has 3 nitrogen and oxygen atoms in total.